The van der Waals surface area contributed by atoms with Crippen molar-refractivity contribution in [2.24, 2.45) is 0 Å². The molecular formula is C33H34N2O11. The zero-order valence-electron chi connectivity index (χ0n) is 25.1. The Labute approximate surface area is 263 Å². The Morgan fingerprint density at radius 2 is 1.87 bits per heavy atom. The molecule has 6 rings (SSSR count). The predicted molar refractivity (Wildman–Crippen MR) is 159 cm³/mol. The maximum absolute atomic E-state index is 13.8. The molecule has 1 aliphatic heterocycles. The topological polar surface area (TPSA) is 205 Å². The van der Waals surface area contributed by atoms with Gasteiger partial charge in [0.15, 0.2) is 17.9 Å². The number of aliphatic hydroxyl groups excluding tert-OH is 2. The lowest BCUT2D eigenvalue weighted by Gasteiger charge is -2.43. The van der Waals surface area contributed by atoms with E-state index < -0.39 is 95.7 Å². The van der Waals surface area contributed by atoms with Crippen LogP contribution in [0.3, 0.4) is 0 Å². The number of pyridine rings is 1. The second-order valence-electron chi connectivity index (χ2n) is 11.8. The summed E-state index contributed by atoms with van der Waals surface area (Å²) >= 11 is 0. The van der Waals surface area contributed by atoms with Gasteiger partial charge < -0.3 is 45.1 Å². The molecule has 1 aromatic heterocycles. The van der Waals surface area contributed by atoms with Crippen molar-refractivity contribution in [3.63, 3.8) is 0 Å². The molecule has 0 amide bonds. The highest BCUT2D eigenvalue weighted by atomic mass is 16.7. The van der Waals surface area contributed by atoms with E-state index in [-0.39, 0.29) is 34.4 Å². The van der Waals surface area contributed by atoms with Crippen molar-refractivity contribution in [2.45, 2.75) is 69.0 Å². The van der Waals surface area contributed by atoms with Gasteiger partial charge in [-0.05, 0) is 24.6 Å². The van der Waals surface area contributed by atoms with E-state index in [2.05, 4.69) is 10.3 Å². The van der Waals surface area contributed by atoms with E-state index in [4.69, 9.17) is 14.2 Å². The van der Waals surface area contributed by atoms with Crippen LogP contribution in [0, 0.1) is 0 Å². The molecule has 1 fully saturated rings. The monoisotopic (exact) mass is 634 g/mol. The number of fused-ring (bicyclic) bond motifs is 3. The van der Waals surface area contributed by atoms with Crippen LogP contribution in [-0.2, 0) is 27.2 Å². The summed E-state index contributed by atoms with van der Waals surface area (Å²) in [6.45, 7) is 1.01. The van der Waals surface area contributed by atoms with Crippen LogP contribution in [0.2, 0.25) is 0 Å². The van der Waals surface area contributed by atoms with E-state index in [9.17, 15) is 39.9 Å². The number of aromatic hydroxyl groups is 2. The quantitative estimate of drug-likeness (QED) is 0.151. The number of hydrogen-bond donors (Lipinski definition) is 6. The number of ketones is 3. The Bertz CT molecular complexity index is 1710. The van der Waals surface area contributed by atoms with E-state index in [1.165, 1.54) is 25.3 Å². The van der Waals surface area contributed by atoms with Crippen molar-refractivity contribution in [1.82, 2.24) is 10.3 Å². The van der Waals surface area contributed by atoms with E-state index in [1.807, 2.05) is 6.07 Å². The molecule has 0 bridgehead atoms. The molecule has 0 saturated carbocycles. The zero-order valence-corrected chi connectivity index (χ0v) is 25.1. The van der Waals surface area contributed by atoms with Crippen molar-refractivity contribution in [2.75, 3.05) is 13.7 Å². The summed E-state index contributed by atoms with van der Waals surface area (Å²) in [5, 5.41) is 58.5. The molecule has 3 aromatic rings. The highest BCUT2D eigenvalue weighted by molar-refractivity contribution is 6.31. The highest BCUT2D eigenvalue weighted by Crippen LogP contribution is 2.52. The molecule has 6 atom stereocenters. The molecule has 0 radical (unpaired) electrons. The van der Waals surface area contributed by atoms with Crippen molar-refractivity contribution in [3.05, 3.63) is 81.7 Å². The molecule has 6 unspecified atom stereocenters. The van der Waals surface area contributed by atoms with Crippen molar-refractivity contribution < 1.29 is 54.1 Å². The molecule has 0 spiro atoms. The number of nitrogens with one attached hydrogen (secondary N) is 1. The van der Waals surface area contributed by atoms with Gasteiger partial charge in [-0.15, -0.1) is 0 Å². The molecule has 6 N–H and O–H groups in total. The molecule has 2 heterocycles. The molecule has 3 aliphatic rings. The summed E-state index contributed by atoms with van der Waals surface area (Å²) in [4.78, 5) is 44.4. The number of phenols is 2. The molecule has 242 valence electrons. The van der Waals surface area contributed by atoms with Gasteiger partial charge in [0.25, 0.3) is 0 Å². The SMILES string of the molecule is COc1cccc2c1C(=O)c1c(O)c3c(c(O)c1C2=O)CC(O)(C(=O)CO)CC3OC1CC(NCc2cccnc2)C(O)C(C)O1. The van der Waals surface area contributed by atoms with Gasteiger partial charge in [0.05, 0.1) is 42.1 Å². The van der Waals surface area contributed by atoms with Crippen molar-refractivity contribution >= 4 is 17.3 Å². The molecule has 2 aromatic carbocycles. The number of methoxy groups -OCH3 is 1. The molecule has 46 heavy (non-hydrogen) atoms. The van der Waals surface area contributed by atoms with Gasteiger partial charge in [-0.2, -0.15) is 0 Å². The van der Waals surface area contributed by atoms with Gasteiger partial charge in [0, 0.05) is 60.9 Å². The third-order valence-corrected chi connectivity index (χ3v) is 9.05. The number of Topliss-reactive ketones (excluding diaryl/α,β-unsaturated/α-hetero) is 1. The predicted octanol–water partition coefficient (Wildman–Crippen LogP) is 1.23. The highest BCUT2D eigenvalue weighted by Gasteiger charge is 2.50. The van der Waals surface area contributed by atoms with Gasteiger partial charge in [-0.25, -0.2) is 0 Å². The first-order valence-corrected chi connectivity index (χ1v) is 14.8. The van der Waals surface area contributed by atoms with E-state index in [1.54, 1.807) is 25.4 Å². The second-order valence-corrected chi connectivity index (χ2v) is 11.8. The molecule has 13 heteroatoms. The normalized spacial score (nSPS) is 27.0. The van der Waals surface area contributed by atoms with Crippen LogP contribution in [0.15, 0.2) is 42.7 Å². The van der Waals surface area contributed by atoms with E-state index >= 15 is 0 Å². The Kier molecular flexibility index (Phi) is 8.40. The number of nitrogens with zero attached hydrogens (tertiary/aromatic N) is 1. The Balaban J connectivity index is 1.40. The lowest BCUT2D eigenvalue weighted by atomic mass is 9.72. The first kappa shape index (κ1) is 31.7. The molecule has 1 saturated heterocycles. The first-order chi connectivity index (χ1) is 22.0. The zero-order chi connectivity index (χ0) is 32.9. The van der Waals surface area contributed by atoms with Gasteiger partial charge in [-0.3, -0.25) is 19.4 Å². The third kappa shape index (κ3) is 5.24. The fraction of sp³-hybridized carbons (Fsp3) is 0.394. The largest absolute Gasteiger partial charge is 0.507 e. The van der Waals surface area contributed by atoms with Crippen LogP contribution in [0.25, 0.3) is 0 Å². The average Bonchev–Trinajstić information content (AvgIpc) is 3.05. The second kappa shape index (κ2) is 12.2. The van der Waals surface area contributed by atoms with Gasteiger partial charge in [0.1, 0.15) is 29.5 Å². The number of aromatic nitrogens is 1. The smallest absolute Gasteiger partial charge is 0.202 e. The maximum atomic E-state index is 13.8. The van der Waals surface area contributed by atoms with Crippen LogP contribution in [-0.4, -0.2) is 91.7 Å². The number of benzene rings is 2. The summed E-state index contributed by atoms with van der Waals surface area (Å²) in [5.74, 6) is -3.76. The van der Waals surface area contributed by atoms with Crippen LogP contribution < -0.4 is 10.1 Å². The number of phenolic OH excluding ortho intramolecular Hbond substituents is 2. The van der Waals surface area contributed by atoms with E-state index in [0.717, 1.165) is 5.56 Å². The third-order valence-electron chi connectivity index (χ3n) is 9.05. The Hall–Kier alpha value is -4.24. The summed E-state index contributed by atoms with van der Waals surface area (Å²) in [6, 6.07) is 7.52. The van der Waals surface area contributed by atoms with Crippen molar-refractivity contribution in [1.29, 1.82) is 0 Å². The van der Waals surface area contributed by atoms with Crippen molar-refractivity contribution in [3.8, 4) is 17.2 Å². The summed E-state index contributed by atoms with van der Waals surface area (Å²) in [7, 11) is 1.33. The molecular weight excluding hydrogens is 600 g/mol. The Morgan fingerprint density at radius 3 is 2.57 bits per heavy atom. The van der Waals surface area contributed by atoms with Gasteiger partial charge in [0.2, 0.25) is 5.78 Å². The summed E-state index contributed by atoms with van der Waals surface area (Å²) in [5.41, 5.74) is -2.74. The van der Waals surface area contributed by atoms with E-state index in [0.29, 0.717) is 6.54 Å². The minimum Gasteiger partial charge on any atom is -0.507 e. The fourth-order valence-corrected chi connectivity index (χ4v) is 6.67. The fourth-order valence-electron chi connectivity index (χ4n) is 6.67. The van der Waals surface area contributed by atoms with Crippen LogP contribution in [0.5, 0.6) is 17.2 Å². The number of rotatable bonds is 8. The van der Waals surface area contributed by atoms with Crippen LogP contribution in [0.1, 0.15) is 74.4 Å². The maximum Gasteiger partial charge on any atom is 0.202 e. The number of ether oxygens (including phenoxy) is 3. The molecule has 2 aliphatic carbocycles. The molecule has 13 nitrogen and oxygen atoms in total. The number of aliphatic hydroxyl groups is 3. The van der Waals surface area contributed by atoms with Crippen LogP contribution >= 0.6 is 0 Å². The minimum absolute atomic E-state index is 0.0511. The standard InChI is InChI=1S/C33H34N2O11/c1-15-28(38)19(35-13-16-5-4-8-34-12-16)9-23(45-15)46-21-11-33(43,22(37)14-36)10-18-25(21)32(42)27-26(30(18)40)29(39)17-6-3-7-20(44-2)24(17)31(27)41/h3-8,12,15,19,21,23,28,35-36,38,40,42-43H,9-11,13-14H2,1-2H3. The number of hydrogen-bond acceptors (Lipinski definition) is 13. The summed E-state index contributed by atoms with van der Waals surface area (Å²) in [6.07, 6.45) is -1.67. The van der Waals surface area contributed by atoms with Crippen LogP contribution in [0.4, 0.5) is 0 Å². The lowest BCUT2D eigenvalue weighted by molar-refractivity contribution is -0.250. The number of carbonyl (C=O) groups is 3. The minimum atomic E-state index is -2.26. The lowest BCUT2D eigenvalue weighted by Crippen LogP contribution is -2.54. The Morgan fingerprint density at radius 1 is 1.11 bits per heavy atom. The first-order valence-electron chi connectivity index (χ1n) is 14.8. The number of carbonyl (C=O) groups excluding carboxylic acids is 3. The van der Waals surface area contributed by atoms with Gasteiger partial charge >= 0.3 is 0 Å². The average molecular weight is 635 g/mol. The van der Waals surface area contributed by atoms with Gasteiger partial charge in [-0.1, -0.05) is 18.2 Å². The summed E-state index contributed by atoms with van der Waals surface area (Å²) < 4.78 is 17.5.